The second-order valence-electron chi connectivity index (χ2n) is 11.7. The summed E-state index contributed by atoms with van der Waals surface area (Å²) in [5.74, 6) is 3.28. The van der Waals surface area contributed by atoms with Gasteiger partial charge in [0.2, 0.25) is 0 Å². The first-order valence-corrected chi connectivity index (χ1v) is 12.8. The van der Waals surface area contributed by atoms with Crippen molar-refractivity contribution in [3.63, 3.8) is 0 Å². The number of carbonyl (C=O) groups is 2. The highest BCUT2D eigenvalue weighted by Gasteiger charge is 2.58. The highest BCUT2D eigenvalue weighted by molar-refractivity contribution is 5.87. The molecule has 0 spiro atoms. The Hall–Kier alpha value is -1.12. The molecule has 5 rings (SSSR count). The van der Waals surface area contributed by atoms with Crippen LogP contribution in [0.1, 0.15) is 104 Å². The standard InChI is InChI=1S/C27H40O3/c1-26-15-13-20(30-25(29)12-7-18-5-3-4-6-18)17-19(26)8-9-21-22-10-11-24(28)27(22,2)16-14-23(21)26/h8,18,20-23H,3-7,9-17H2,1-2H3/t20-,21-,22-,23-,26-,27-/m0/s1. The first-order valence-electron chi connectivity index (χ1n) is 12.8. The number of fused-ring (bicyclic) bond motifs is 5. The molecule has 4 fully saturated rings. The Bertz CT molecular complexity index is 732. The summed E-state index contributed by atoms with van der Waals surface area (Å²) in [6, 6.07) is 0. The zero-order chi connectivity index (χ0) is 20.9. The molecule has 0 bridgehead atoms. The van der Waals surface area contributed by atoms with Crippen LogP contribution in [0.5, 0.6) is 0 Å². The highest BCUT2D eigenvalue weighted by Crippen LogP contribution is 2.64. The van der Waals surface area contributed by atoms with Crippen LogP contribution in [0, 0.1) is 34.5 Å². The van der Waals surface area contributed by atoms with Gasteiger partial charge in [0, 0.05) is 24.7 Å². The van der Waals surface area contributed by atoms with Gasteiger partial charge >= 0.3 is 5.97 Å². The number of carbonyl (C=O) groups excluding carboxylic acids is 2. The molecule has 0 saturated heterocycles. The number of Topliss-reactive ketones (excluding diaryl/α,β-unsaturated/α-hetero) is 1. The molecule has 5 aliphatic carbocycles. The zero-order valence-electron chi connectivity index (χ0n) is 19.1. The number of allylic oxidation sites excluding steroid dienone is 1. The Morgan fingerprint density at radius 2 is 1.77 bits per heavy atom. The molecule has 0 aromatic heterocycles. The van der Waals surface area contributed by atoms with Gasteiger partial charge in [-0.2, -0.15) is 0 Å². The van der Waals surface area contributed by atoms with Gasteiger partial charge in [0.15, 0.2) is 0 Å². The Balaban J connectivity index is 1.22. The van der Waals surface area contributed by atoms with Crippen molar-refractivity contribution in [2.75, 3.05) is 0 Å². The third kappa shape index (κ3) is 3.39. The maximum Gasteiger partial charge on any atom is 0.306 e. The minimum Gasteiger partial charge on any atom is -0.462 e. The van der Waals surface area contributed by atoms with Crippen LogP contribution in [0.2, 0.25) is 0 Å². The predicted molar refractivity (Wildman–Crippen MR) is 118 cm³/mol. The van der Waals surface area contributed by atoms with E-state index in [0.29, 0.717) is 30.0 Å². The molecule has 30 heavy (non-hydrogen) atoms. The van der Waals surface area contributed by atoms with E-state index in [9.17, 15) is 9.59 Å². The molecule has 0 unspecified atom stereocenters. The van der Waals surface area contributed by atoms with Crippen LogP contribution in [0.25, 0.3) is 0 Å². The first kappa shape index (κ1) is 20.8. The number of ether oxygens (including phenoxy) is 1. The van der Waals surface area contributed by atoms with Crippen molar-refractivity contribution in [2.24, 2.45) is 34.5 Å². The number of hydrogen-bond acceptors (Lipinski definition) is 3. The lowest BCUT2D eigenvalue weighted by Crippen LogP contribution is -2.50. The molecule has 0 aromatic rings. The van der Waals surface area contributed by atoms with E-state index in [-0.39, 0.29) is 22.9 Å². The molecule has 4 saturated carbocycles. The SMILES string of the molecule is C[C@]12CC[C@H](OC(=O)CCC3CCCC3)CC1=CC[C@@H]1[C@@H]2CC[C@]2(C)C(=O)CC[C@@H]12. The lowest BCUT2D eigenvalue weighted by molar-refractivity contribution is -0.151. The van der Waals surface area contributed by atoms with E-state index in [1.807, 2.05) is 0 Å². The van der Waals surface area contributed by atoms with Crippen LogP contribution in [0.3, 0.4) is 0 Å². The first-order chi connectivity index (χ1) is 14.4. The van der Waals surface area contributed by atoms with Crippen molar-refractivity contribution >= 4 is 11.8 Å². The fraction of sp³-hybridized carbons (Fsp3) is 0.852. The summed E-state index contributed by atoms with van der Waals surface area (Å²) >= 11 is 0. The lowest BCUT2D eigenvalue weighted by atomic mass is 9.48. The molecule has 3 nitrogen and oxygen atoms in total. The van der Waals surface area contributed by atoms with Crippen molar-refractivity contribution in [1.29, 1.82) is 0 Å². The van der Waals surface area contributed by atoms with E-state index in [1.54, 1.807) is 5.57 Å². The van der Waals surface area contributed by atoms with Gasteiger partial charge in [0.25, 0.3) is 0 Å². The van der Waals surface area contributed by atoms with Crippen molar-refractivity contribution in [3.05, 3.63) is 11.6 Å². The van der Waals surface area contributed by atoms with Crippen molar-refractivity contribution in [2.45, 2.75) is 110 Å². The fourth-order valence-electron chi connectivity index (χ4n) is 8.36. The topological polar surface area (TPSA) is 43.4 Å². The number of hydrogen-bond donors (Lipinski definition) is 0. The van der Waals surface area contributed by atoms with Crippen LogP contribution >= 0.6 is 0 Å². The molecule has 3 heteroatoms. The molecule has 6 atom stereocenters. The van der Waals surface area contributed by atoms with E-state index in [2.05, 4.69) is 19.9 Å². The predicted octanol–water partition coefficient (Wildman–Crippen LogP) is 6.40. The molecular formula is C27H40O3. The van der Waals surface area contributed by atoms with Gasteiger partial charge in [-0.3, -0.25) is 9.59 Å². The van der Waals surface area contributed by atoms with Gasteiger partial charge in [-0.15, -0.1) is 0 Å². The van der Waals surface area contributed by atoms with Crippen LogP contribution in [0.4, 0.5) is 0 Å². The van der Waals surface area contributed by atoms with Crippen molar-refractivity contribution in [1.82, 2.24) is 0 Å². The van der Waals surface area contributed by atoms with Gasteiger partial charge in [0.05, 0.1) is 0 Å². The Morgan fingerprint density at radius 1 is 1.03 bits per heavy atom. The van der Waals surface area contributed by atoms with Crippen molar-refractivity contribution < 1.29 is 14.3 Å². The molecule has 5 aliphatic rings. The number of rotatable bonds is 4. The fourth-order valence-corrected chi connectivity index (χ4v) is 8.36. The summed E-state index contributed by atoms with van der Waals surface area (Å²) in [7, 11) is 0. The molecule has 0 aliphatic heterocycles. The van der Waals surface area contributed by atoms with Crippen molar-refractivity contribution in [3.8, 4) is 0 Å². The largest absolute Gasteiger partial charge is 0.462 e. The zero-order valence-corrected chi connectivity index (χ0v) is 19.1. The Labute approximate surface area is 182 Å². The van der Waals surface area contributed by atoms with Crippen LogP contribution < -0.4 is 0 Å². The quantitative estimate of drug-likeness (QED) is 0.396. The Kier molecular flexibility index (Phi) is 5.39. The lowest BCUT2D eigenvalue weighted by Gasteiger charge is -2.56. The van der Waals surface area contributed by atoms with Crippen LogP contribution in [0.15, 0.2) is 11.6 Å². The smallest absolute Gasteiger partial charge is 0.306 e. The minimum absolute atomic E-state index is 0.0303. The highest BCUT2D eigenvalue weighted by atomic mass is 16.5. The maximum atomic E-state index is 12.6. The van der Waals surface area contributed by atoms with E-state index in [0.717, 1.165) is 57.3 Å². The van der Waals surface area contributed by atoms with Gasteiger partial charge < -0.3 is 4.74 Å². The summed E-state index contributed by atoms with van der Waals surface area (Å²) in [6.45, 7) is 4.74. The minimum atomic E-state index is -0.0467. The van der Waals surface area contributed by atoms with Crippen LogP contribution in [-0.2, 0) is 14.3 Å². The van der Waals surface area contributed by atoms with Gasteiger partial charge in [-0.1, -0.05) is 51.2 Å². The van der Waals surface area contributed by atoms with Gasteiger partial charge in [0.1, 0.15) is 11.9 Å². The van der Waals surface area contributed by atoms with E-state index < -0.39 is 0 Å². The van der Waals surface area contributed by atoms with Gasteiger partial charge in [-0.25, -0.2) is 0 Å². The van der Waals surface area contributed by atoms with Gasteiger partial charge in [-0.05, 0) is 74.0 Å². The monoisotopic (exact) mass is 412 g/mol. The average molecular weight is 413 g/mol. The maximum absolute atomic E-state index is 12.6. The average Bonchev–Trinajstić information content (AvgIpc) is 3.35. The summed E-state index contributed by atoms with van der Waals surface area (Å²) in [6.07, 6.45) is 17.9. The molecule has 166 valence electrons. The summed E-state index contributed by atoms with van der Waals surface area (Å²) in [5.41, 5.74) is 1.76. The molecule has 0 radical (unpaired) electrons. The number of esters is 1. The molecular weight excluding hydrogens is 372 g/mol. The number of ketones is 1. The molecule has 0 amide bonds. The second-order valence-corrected chi connectivity index (χ2v) is 11.7. The normalized spacial score (nSPS) is 43.5. The van der Waals surface area contributed by atoms with Crippen LogP contribution in [-0.4, -0.2) is 17.9 Å². The molecule has 0 aromatic carbocycles. The van der Waals surface area contributed by atoms with E-state index in [1.165, 1.54) is 32.1 Å². The third-order valence-electron chi connectivity index (χ3n) is 10.3. The Morgan fingerprint density at radius 3 is 2.57 bits per heavy atom. The van der Waals surface area contributed by atoms with E-state index in [4.69, 9.17) is 4.74 Å². The summed E-state index contributed by atoms with van der Waals surface area (Å²) in [4.78, 5) is 25.0. The summed E-state index contributed by atoms with van der Waals surface area (Å²) < 4.78 is 5.96. The summed E-state index contributed by atoms with van der Waals surface area (Å²) in [5, 5.41) is 0. The molecule has 0 heterocycles. The van der Waals surface area contributed by atoms with E-state index >= 15 is 0 Å². The second kappa shape index (κ2) is 7.78. The third-order valence-corrected chi connectivity index (χ3v) is 10.3. The molecule has 0 N–H and O–H groups in total.